The Kier molecular flexibility index (Phi) is 4.70. The molecule has 3 nitrogen and oxygen atoms in total. The minimum absolute atomic E-state index is 0.391. The molecule has 1 rings (SSSR count). The third-order valence-corrected chi connectivity index (χ3v) is 3.04. The van der Waals surface area contributed by atoms with Crippen LogP contribution in [-0.2, 0) is 11.2 Å². The number of carboxylic acid groups (broad SMARTS) is 1. The van der Waals surface area contributed by atoms with E-state index in [1.54, 1.807) is 0 Å². The van der Waals surface area contributed by atoms with Crippen LogP contribution in [0.5, 0.6) is 0 Å². The van der Waals surface area contributed by atoms with Gasteiger partial charge in [-0.25, -0.2) is 0 Å². The lowest BCUT2D eigenvalue weighted by molar-refractivity contribution is -0.143. The van der Waals surface area contributed by atoms with E-state index in [2.05, 4.69) is 0 Å². The van der Waals surface area contributed by atoms with Crippen molar-refractivity contribution in [2.45, 2.75) is 45.1 Å². The molecule has 0 aliphatic heterocycles. The van der Waals surface area contributed by atoms with Gasteiger partial charge < -0.3 is 10.8 Å². The van der Waals surface area contributed by atoms with Crippen LogP contribution in [-0.4, -0.2) is 16.6 Å². The zero-order valence-electron chi connectivity index (χ0n) is 10.6. The second-order valence-electron chi connectivity index (χ2n) is 4.73. The normalized spacial score (nSPS) is 14.3. The fourth-order valence-corrected chi connectivity index (χ4v) is 1.83. The average molecular weight is 235 g/mol. The van der Waals surface area contributed by atoms with E-state index in [4.69, 9.17) is 5.73 Å². The Balaban J connectivity index is 2.79. The third-order valence-electron chi connectivity index (χ3n) is 3.04. The summed E-state index contributed by atoms with van der Waals surface area (Å²) in [6.07, 6.45) is 2.71. The first kappa shape index (κ1) is 13.7. The summed E-state index contributed by atoms with van der Waals surface area (Å²) in [5, 5.41) is 9.25. The number of nitrogens with two attached hydrogens (primary N) is 1. The van der Waals surface area contributed by atoms with Crippen molar-refractivity contribution in [1.29, 1.82) is 0 Å². The van der Waals surface area contributed by atoms with Gasteiger partial charge in [0, 0.05) is 6.42 Å². The first-order valence-electron chi connectivity index (χ1n) is 6.06. The summed E-state index contributed by atoms with van der Waals surface area (Å²) in [5.41, 5.74) is 7.01. The van der Waals surface area contributed by atoms with Gasteiger partial charge in [-0.15, -0.1) is 0 Å². The van der Waals surface area contributed by atoms with Crippen LogP contribution in [0.25, 0.3) is 0 Å². The molecule has 1 atom stereocenters. The van der Waals surface area contributed by atoms with Crippen molar-refractivity contribution in [2.24, 2.45) is 5.73 Å². The lowest BCUT2D eigenvalue weighted by atomic mass is 9.87. The van der Waals surface area contributed by atoms with E-state index in [0.717, 1.165) is 18.4 Å². The number of aryl methyl sites for hydroxylation is 1. The predicted molar refractivity (Wildman–Crippen MR) is 69.0 cm³/mol. The Hall–Kier alpha value is -1.35. The van der Waals surface area contributed by atoms with E-state index < -0.39 is 11.5 Å². The van der Waals surface area contributed by atoms with Crippen molar-refractivity contribution in [3.05, 3.63) is 35.4 Å². The van der Waals surface area contributed by atoms with Gasteiger partial charge in [-0.1, -0.05) is 49.6 Å². The minimum atomic E-state index is -1.13. The largest absolute Gasteiger partial charge is 0.480 e. The molecule has 0 bridgehead atoms. The van der Waals surface area contributed by atoms with Gasteiger partial charge in [0.05, 0.1) is 0 Å². The highest BCUT2D eigenvalue weighted by Gasteiger charge is 2.33. The number of hydrogen-bond donors (Lipinski definition) is 2. The number of unbranched alkanes of at least 4 members (excludes halogenated alkanes) is 1. The molecule has 94 valence electrons. The average Bonchev–Trinajstić information content (AvgIpc) is 2.29. The van der Waals surface area contributed by atoms with Gasteiger partial charge in [0.25, 0.3) is 0 Å². The highest BCUT2D eigenvalue weighted by Crippen LogP contribution is 2.18. The van der Waals surface area contributed by atoms with Crippen LogP contribution in [0.3, 0.4) is 0 Å². The maximum absolute atomic E-state index is 11.3. The Labute approximate surface area is 103 Å². The molecule has 3 N–H and O–H groups in total. The Morgan fingerprint density at radius 1 is 1.35 bits per heavy atom. The summed E-state index contributed by atoms with van der Waals surface area (Å²) in [6, 6.07) is 7.87. The molecule has 0 saturated carbocycles. The van der Waals surface area contributed by atoms with Gasteiger partial charge >= 0.3 is 5.97 Å². The van der Waals surface area contributed by atoms with Crippen molar-refractivity contribution < 1.29 is 9.90 Å². The maximum atomic E-state index is 11.3. The van der Waals surface area contributed by atoms with Crippen LogP contribution in [0.1, 0.15) is 37.3 Å². The summed E-state index contributed by atoms with van der Waals surface area (Å²) in [7, 11) is 0. The second-order valence-corrected chi connectivity index (χ2v) is 4.73. The zero-order valence-corrected chi connectivity index (χ0v) is 10.6. The highest BCUT2D eigenvalue weighted by atomic mass is 16.4. The van der Waals surface area contributed by atoms with E-state index in [0.29, 0.717) is 12.8 Å². The molecular weight excluding hydrogens is 214 g/mol. The smallest absolute Gasteiger partial charge is 0.324 e. The van der Waals surface area contributed by atoms with Crippen molar-refractivity contribution in [1.82, 2.24) is 0 Å². The van der Waals surface area contributed by atoms with Crippen LogP contribution >= 0.6 is 0 Å². The Bertz CT molecular complexity index is 372. The lowest BCUT2D eigenvalue weighted by Gasteiger charge is -2.24. The number of aliphatic carboxylic acids is 1. The fraction of sp³-hybridized carbons (Fsp3) is 0.500. The fourth-order valence-electron chi connectivity index (χ4n) is 1.83. The third kappa shape index (κ3) is 3.86. The summed E-state index contributed by atoms with van der Waals surface area (Å²) in [6.45, 7) is 4.04. The highest BCUT2D eigenvalue weighted by molar-refractivity contribution is 5.78. The van der Waals surface area contributed by atoms with E-state index in [1.165, 1.54) is 5.56 Å². The van der Waals surface area contributed by atoms with Gasteiger partial charge in [-0.2, -0.15) is 0 Å². The predicted octanol–water partition coefficient (Wildman–Crippen LogP) is 2.51. The van der Waals surface area contributed by atoms with Gasteiger partial charge in [0.1, 0.15) is 5.54 Å². The summed E-state index contributed by atoms with van der Waals surface area (Å²) in [5.74, 6) is -0.911. The number of benzene rings is 1. The van der Waals surface area contributed by atoms with E-state index >= 15 is 0 Å². The molecule has 0 radical (unpaired) electrons. The molecule has 0 amide bonds. The van der Waals surface area contributed by atoms with E-state index in [-0.39, 0.29) is 0 Å². The molecule has 0 unspecified atom stereocenters. The van der Waals surface area contributed by atoms with Crippen molar-refractivity contribution >= 4 is 5.97 Å². The lowest BCUT2D eigenvalue weighted by Crippen LogP contribution is -2.49. The van der Waals surface area contributed by atoms with Crippen LogP contribution in [0.15, 0.2) is 24.3 Å². The molecule has 17 heavy (non-hydrogen) atoms. The monoisotopic (exact) mass is 235 g/mol. The number of hydrogen-bond acceptors (Lipinski definition) is 2. The SMILES string of the molecule is CCCC[C@](N)(Cc1ccc(C)cc1)C(=O)O. The molecule has 3 heteroatoms. The molecular formula is C14H21NO2. The second kappa shape index (κ2) is 5.82. The molecule has 0 aromatic heterocycles. The quantitative estimate of drug-likeness (QED) is 0.796. The van der Waals surface area contributed by atoms with Crippen molar-refractivity contribution in [2.75, 3.05) is 0 Å². The Morgan fingerprint density at radius 2 is 1.94 bits per heavy atom. The van der Waals surface area contributed by atoms with Crippen LogP contribution in [0, 0.1) is 6.92 Å². The Morgan fingerprint density at radius 3 is 2.41 bits per heavy atom. The first-order chi connectivity index (χ1) is 7.98. The zero-order chi connectivity index (χ0) is 12.9. The molecule has 0 saturated heterocycles. The van der Waals surface area contributed by atoms with E-state index in [9.17, 15) is 9.90 Å². The summed E-state index contributed by atoms with van der Waals surface area (Å²) >= 11 is 0. The minimum Gasteiger partial charge on any atom is -0.480 e. The maximum Gasteiger partial charge on any atom is 0.324 e. The van der Waals surface area contributed by atoms with Crippen LogP contribution in [0.4, 0.5) is 0 Å². The number of rotatable bonds is 6. The molecule has 1 aromatic rings. The van der Waals surface area contributed by atoms with Crippen molar-refractivity contribution in [3.8, 4) is 0 Å². The van der Waals surface area contributed by atoms with Gasteiger partial charge in [-0.3, -0.25) is 4.79 Å². The van der Waals surface area contributed by atoms with Gasteiger partial charge in [0.2, 0.25) is 0 Å². The van der Waals surface area contributed by atoms with Gasteiger partial charge in [-0.05, 0) is 18.9 Å². The van der Waals surface area contributed by atoms with Crippen LogP contribution in [0.2, 0.25) is 0 Å². The molecule has 0 aliphatic carbocycles. The number of carboxylic acids is 1. The van der Waals surface area contributed by atoms with Gasteiger partial charge in [0.15, 0.2) is 0 Å². The van der Waals surface area contributed by atoms with Crippen LogP contribution < -0.4 is 5.73 Å². The van der Waals surface area contributed by atoms with Crippen molar-refractivity contribution in [3.63, 3.8) is 0 Å². The summed E-state index contributed by atoms with van der Waals surface area (Å²) < 4.78 is 0. The number of carbonyl (C=O) groups is 1. The van der Waals surface area contributed by atoms with E-state index in [1.807, 2.05) is 38.1 Å². The molecule has 0 fully saturated rings. The molecule has 0 aliphatic rings. The summed E-state index contributed by atoms with van der Waals surface area (Å²) in [4.78, 5) is 11.3. The molecule has 1 aromatic carbocycles. The molecule has 0 spiro atoms. The topological polar surface area (TPSA) is 63.3 Å². The standard InChI is InChI=1S/C14H21NO2/c1-3-4-9-14(15,13(16)17)10-12-7-5-11(2)6-8-12/h5-8H,3-4,9-10,15H2,1-2H3,(H,16,17)/t14-/m0/s1. The first-order valence-corrected chi connectivity index (χ1v) is 6.06. The molecule has 0 heterocycles.